The van der Waals surface area contributed by atoms with E-state index in [9.17, 15) is 5.11 Å². The van der Waals surface area contributed by atoms with Crippen LogP contribution in [0.3, 0.4) is 0 Å². The first-order chi connectivity index (χ1) is 6.75. The molecule has 3 N–H and O–H groups in total. The van der Waals surface area contributed by atoms with Crippen molar-refractivity contribution < 1.29 is 5.11 Å². The van der Waals surface area contributed by atoms with Crippen LogP contribution in [-0.2, 0) is 0 Å². The third-order valence-corrected chi connectivity index (χ3v) is 3.67. The minimum Gasteiger partial charge on any atom is -0.393 e. The van der Waals surface area contributed by atoms with Crippen molar-refractivity contribution in [3.8, 4) is 0 Å². The van der Waals surface area contributed by atoms with Gasteiger partial charge in [0.05, 0.1) is 6.10 Å². The first kappa shape index (κ1) is 10.4. The molecule has 2 fully saturated rings. The minimum absolute atomic E-state index is 0.0373. The summed E-state index contributed by atoms with van der Waals surface area (Å²) in [6.45, 7) is 2.29. The predicted molar refractivity (Wildman–Crippen MR) is 57.0 cm³/mol. The summed E-state index contributed by atoms with van der Waals surface area (Å²) in [5.41, 5.74) is 5.97. The molecular weight excluding hydrogens is 176 g/mol. The molecule has 0 aromatic heterocycles. The van der Waals surface area contributed by atoms with Gasteiger partial charge in [-0.15, -0.1) is 0 Å². The zero-order chi connectivity index (χ0) is 9.97. The first-order valence-electron chi connectivity index (χ1n) is 5.93. The fraction of sp³-hybridized carbons (Fsp3) is 1.00. The van der Waals surface area contributed by atoms with Crippen molar-refractivity contribution in [2.24, 2.45) is 5.73 Å². The van der Waals surface area contributed by atoms with E-state index in [4.69, 9.17) is 5.73 Å². The van der Waals surface area contributed by atoms with E-state index in [2.05, 4.69) is 4.90 Å². The summed E-state index contributed by atoms with van der Waals surface area (Å²) in [6.07, 6.45) is 6.69. The Morgan fingerprint density at radius 1 is 1.07 bits per heavy atom. The third kappa shape index (κ3) is 2.47. The van der Waals surface area contributed by atoms with Gasteiger partial charge in [-0.05, 0) is 45.1 Å². The predicted octanol–water partition coefficient (Wildman–Crippen LogP) is 0.713. The van der Waals surface area contributed by atoms with Gasteiger partial charge in [-0.25, -0.2) is 0 Å². The Balaban J connectivity index is 1.82. The molecule has 0 bridgehead atoms. The van der Waals surface area contributed by atoms with Crippen molar-refractivity contribution >= 4 is 0 Å². The zero-order valence-electron chi connectivity index (χ0n) is 8.86. The molecular formula is C11H22N2O. The first-order valence-corrected chi connectivity index (χ1v) is 5.93. The number of aliphatic hydroxyl groups is 1. The summed E-state index contributed by atoms with van der Waals surface area (Å²) < 4.78 is 0. The zero-order valence-corrected chi connectivity index (χ0v) is 8.86. The molecule has 1 saturated heterocycles. The van der Waals surface area contributed by atoms with Crippen LogP contribution in [0.4, 0.5) is 0 Å². The van der Waals surface area contributed by atoms with E-state index < -0.39 is 0 Å². The average molecular weight is 198 g/mol. The summed E-state index contributed by atoms with van der Waals surface area (Å²) in [4.78, 5) is 2.54. The number of nitrogens with two attached hydrogens (primary N) is 1. The molecule has 3 nitrogen and oxygen atoms in total. The highest BCUT2D eigenvalue weighted by molar-refractivity contribution is 4.84. The minimum atomic E-state index is -0.0373. The van der Waals surface area contributed by atoms with Gasteiger partial charge in [0.2, 0.25) is 0 Å². The van der Waals surface area contributed by atoms with E-state index >= 15 is 0 Å². The molecule has 1 aliphatic carbocycles. The van der Waals surface area contributed by atoms with Crippen molar-refractivity contribution in [1.29, 1.82) is 0 Å². The van der Waals surface area contributed by atoms with Gasteiger partial charge in [0.15, 0.2) is 0 Å². The van der Waals surface area contributed by atoms with Crippen LogP contribution in [0.15, 0.2) is 0 Å². The highest BCUT2D eigenvalue weighted by Gasteiger charge is 2.27. The number of hydrogen-bond acceptors (Lipinski definition) is 3. The van der Waals surface area contributed by atoms with E-state index in [0.29, 0.717) is 12.1 Å². The van der Waals surface area contributed by atoms with Crippen LogP contribution in [0, 0.1) is 0 Å². The molecule has 0 aromatic rings. The van der Waals surface area contributed by atoms with Crippen molar-refractivity contribution in [3.05, 3.63) is 0 Å². The van der Waals surface area contributed by atoms with E-state index in [0.717, 1.165) is 32.2 Å². The molecule has 1 heterocycles. The lowest BCUT2D eigenvalue weighted by Gasteiger charge is -2.39. The number of aliphatic hydroxyl groups excluding tert-OH is 1. The molecule has 3 heteroatoms. The monoisotopic (exact) mass is 198 g/mol. The smallest absolute Gasteiger partial charge is 0.0541 e. The van der Waals surface area contributed by atoms with E-state index in [1.807, 2.05) is 0 Å². The van der Waals surface area contributed by atoms with Gasteiger partial charge >= 0.3 is 0 Å². The third-order valence-electron chi connectivity index (χ3n) is 3.67. The second-order valence-corrected chi connectivity index (χ2v) is 4.86. The van der Waals surface area contributed by atoms with Gasteiger partial charge in [-0.3, -0.25) is 4.90 Å². The highest BCUT2D eigenvalue weighted by Crippen LogP contribution is 2.25. The maximum Gasteiger partial charge on any atom is 0.0541 e. The molecule has 1 saturated carbocycles. The van der Waals surface area contributed by atoms with E-state index in [-0.39, 0.29) is 6.10 Å². The number of rotatable bonds is 1. The van der Waals surface area contributed by atoms with Crippen molar-refractivity contribution in [2.75, 3.05) is 13.1 Å². The SMILES string of the molecule is N[C@H]1CCCN(C2CCC(O)CC2)C1. The molecule has 14 heavy (non-hydrogen) atoms. The van der Waals surface area contributed by atoms with Crippen LogP contribution in [-0.4, -0.2) is 41.3 Å². The number of piperidine rings is 1. The standard InChI is InChI=1S/C11H22N2O/c12-9-2-1-7-13(8-9)10-3-5-11(14)6-4-10/h9-11,14H,1-8,12H2/t9-,10?,11?/m0/s1. The highest BCUT2D eigenvalue weighted by atomic mass is 16.3. The Morgan fingerprint density at radius 2 is 1.79 bits per heavy atom. The lowest BCUT2D eigenvalue weighted by atomic mass is 9.90. The molecule has 1 atom stereocenters. The van der Waals surface area contributed by atoms with Gasteiger partial charge in [0, 0.05) is 18.6 Å². The summed E-state index contributed by atoms with van der Waals surface area (Å²) in [5.74, 6) is 0. The maximum atomic E-state index is 9.43. The van der Waals surface area contributed by atoms with Gasteiger partial charge in [0.25, 0.3) is 0 Å². The fourth-order valence-electron chi connectivity index (χ4n) is 2.80. The van der Waals surface area contributed by atoms with Crippen LogP contribution in [0.25, 0.3) is 0 Å². The number of nitrogens with zero attached hydrogens (tertiary/aromatic N) is 1. The average Bonchev–Trinajstić information content (AvgIpc) is 2.19. The lowest BCUT2D eigenvalue weighted by molar-refractivity contribution is 0.0610. The summed E-state index contributed by atoms with van der Waals surface area (Å²) in [7, 11) is 0. The molecule has 0 amide bonds. The lowest BCUT2D eigenvalue weighted by Crippen LogP contribution is -2.49. The van der Waals surface area contributed by atoms with Crippen molar-refractivity contribution in [2.45, 2.75) is 56.7 Å². The van der Waals surface area contributed by atoms with Gasteiger partial charge in [-0.1, -0.05) is 0 Å². The van der Waals surface area contributed by atoms with E-state index in [1.54, 1.807) is 0 Å². The molecule has 1 aliphatic heterocycles. The van der Waals surface area contributed by atoms with Crippen molar-refractivity contribution in [3.63, 3.8) is 0 Å². The second kappa shape index (κ2) is 4.60. The molecule has 0 aromatic carbocycles. The summed E-state index contributed by atoms with van der Waals surface area (Å²) in [6, 6.07) is 1.08. The Kier molecular flexibility index (Phi) is 3.42. The summed E-state index contributed by atoms with van der Waals surface area (Å²) >= 11 is 0. The van der Waals surface area contributed by atoms with Gasteiger partial charge in [0.1, 0.15) is 0 Å². The van der Waals surface area contributed by atoms with Gasteiger partial charge in [-0.2, -0.15) is 0 Å². The Hall–Kier alpha value is -0.120. The Labute approximate surface area is 86.3 Å². The molecule has 2 aliphatic rings. The molecule has 2 rings (SSSR count). The van der Waals surface area contributed by atoms with Crippen LogP contribution < -0.4 is 5.73 Å². The maximum absolute atomic E-state index is 9.43. The Bertz CT molecular complexity index is 178. The Morgan fingerprint density at radius 3 is 2.43 bits per heavy atom. The quantitative estimate of drug-likeness (QED) is 0.652. The van der Waals surface area contributed by atoms with Gasteiger partial charge < -0.3 is 10.8 Å². The van der Waals surface area contributed by atoms with Crippen LogP contribution in [0.5, 0.6) is 0 Å². The topological polar surface area (TPSA) is 49.5 Å². The second-order valence-electron chi connectivity index (χ2n) is 4.86. The van der Waals surface area contributed by atoms with Crippen molar-refractivity contribution in [1.82, 2.24) is 4.90 Å². The summed E-state index contributed by atoms with van der Waals surface area (Å²) in [5, 5.41) is 9.43. The normalized spacial score (nSPS) is 41.1. The molecule has 0 spiro atoms. The largest absolute Gasteiger partial charge is 0.393 e. The van der Waals surface area contributed by atoms with Crippen LogP contribution >= 0.6 is 0 Å². The van der Waals surface area contributed by atoms with Crippen LogP contribution in [0.2, 0.25) is 0 Å². The van der Waals surface area contributed by atoms with E-state index in [1.165, 1.54) is 19.4 Å². The molecule has 0 radical (unpaired) electrons. The molecule has 82 valence electrons. The number of hydrogen-bond donors (Lipinski definition) is 2. The van der Waals surface area contributed by atoms with Crippen LogP contribution in [0.1, 0.15) is 38.5 Å². The number of likely N-dealkylation sites (tertiary alicyclic amines) is 1. The molecule has 0 unspecified atom stereocenters. The fourth-order valence-corrected chi connectivity index (χ4v) is 2.80.